The largest absolute Gasteiger partial charge is 0.480 e. The fourth-order valence-electron chi connectivity index (χ4n) is 2.75. The molecule has 3 aromatic heterocycles. The number of hydrogen-bond donors (Lipinski definition) is 2. The Morgan fingerprint density at radius 1 is 1.25 bits per heavy atom. The molecule has 140 valence electrons. The molecular weight excluding hydrogens is 380 g/mol. The van der Waals surface area contributed by atoms with E-state index in [2.05, 4.69) is 30.5 Å². The predicted molar refractivity (Wildman–Crippen MR) is 104 cm³/mol. The molecule has 0 atom stereocenters. The number of ether oxygens (including phenoxy) is 1. The molecule has 4 aromatic rings. The lowest BCUT2D eigenvalue weighted by atomic mass is 10.1. The molecule has 0 bridgehead atoms. The molecule has 0 unspecified atom stereocenters. The van der Waals surface area contributed by atoms with Crippen LogP contribution in [0.5, 0.6) is 5.88 Å². The van der Waals surface area contributed by atoms with Gasteiger partial charge in [-0.2, -0.15) is 5.10 Å². The highest BCUT2D eigenvalue weighted by Crippen LogP contribution is 2.31. The Morgan fingerprint density at radius 3 is 2.86 bits per heavy atom. The number of methoxy groups -OCH3 is 1. The molecule has 28 heavy (non-hydrogen) atoms. The smallest absolute Gasteiger partial charge is 0.272 e. The predicted octanol–water partition coefficient (Wildman–Crippen LogP) is 3.01. The number of amides is 1. The van der Waals surface area contributed by atoms with Crippen LogP contribution >= 0.6 is 11.6 Å². The zero-order chi connectivity index (χ0) is 19.5. The van der Waals surface area contributed by atoms with Crippen LogP contribution in [0.1, 0.15) is 16.2 Å². The number of nitrogens with zero attached hydrogens (tertiary/aromatic N) is 4. The van der Waals surface area contributed by atoms with E-state index in [-0.39, 0.29) is 11.6 Å². The Kier molecular flexibility index (Phi) is 4.86. The number of rotatable bonds is 5. The number of aromatic nitrogens is 5. The average Bonchev–Trinajstić information content (AvgIpc) is 3.13. The van der Waals surface area contributed by atoms with E-state index in [0.29, 0.717) is 23.1 Å². The monoisotopic (exact) mass is 394 g/mol. The Morgan fingerprint density at radius 2 is 2.14 bits per heavy atom. The van der Waals surface area contributed by atoms with Crippen molar-refractivity contribution >= 4 is 28.4 Å². The second-order valence-electron chi connectivity index (χ2n) is 5.95. The van der Waals surface area contributed by atoms with Gasteiger partial charge in [-0.05, 0) is 30.3 Å². The van der Waals surface area contributed by atoms with Crippen molar-refractivity contribution in [3.63, 3.8) is 0 Å². The maximum Gasteiger partial charge on any atom is 0.272 e. The fourth-order valence-corrected chi connectivity index (χ4v) is 3.02. The van der Waals surface area contributed by atoms with E-state index in [4.69, 9.17) is 16.3 Å². The Labute approximate surface area is 165 Å². The topological polar surface area (TPSA) is 106 Å². The summed E-state index contributed by atoms with van der Waals surface area (Å²) in [5, 5.41) is 11.8. The van der Waals surface area contributed by atoms with Crippen molar-refractivity contribution in [3.05, 3.63) is 65.3 Å². The van der Waals surface area contributed by atoms with Crippen LogP contribution in [-0.2, 0) is 6.54 Å². The van der Waals surface area contributed by atoms with Crippen molar-refractivity contribution < 1.29 is 9.53 Å². The summed E-state index contributed by atoms with van der Waals surface area (Å²) in [6.07, 6.45) is 4.66. The molecule has 0 saturated carbocycles. The number of H-pyrrole nitrogens is 1. The molecule has 0 fully saturated rings. The summed E-state index contributed by atoms with van der Waals surface area (Å²) < 4.78 is 5.03. The maximum atomic E-state index is 12.1. The van der Waals surface area contributed by atoms with Crippen LogP contribution in [0.2, 0.25) is 5.02 Å². The van der Waals surface area contributed by atoms with Gasteiger partial charge in [-0.15, -0.1) is 5.10 Å². The standard InChI is InChI=1S/C19H15ClN6O2/c1-28-18-10-21-17(9-22-18)13-7-16-11(6-14(13)20)5-12(25-16)8-23-19(27)15-3-2-4-24-26-15/h2-7,9-10,25H,8H2,1H3,(H,23,27). The van der Waals surface area contributed by atoms with Crippen molar-refractivity contribution in [3.8, 4) is 17.1 Å². The lowest BCUT2D eigenvalue weighted by molar-refractivity contribution is 0.0944. The van der Waals surface area contributed by atoms with E-state index in [1.807, 2.05) is 18.2 Å². The second-order valence-corrected chi connectivity index (χ2v) is 6.36. The van der Waals surface area contributed by atoms with Crippen molar-refractivity contribution in [2.24, 2.45) is 0 Å². The zero-order valence-electron chi connectivity index (χ0n) is 14.8. The number of fused-ring (bicyclic) bond motifs is 1. The van der Waals surface area contributed by atoms with Crippen molar-refractivity contribution in [2.75, 3.05) is 7.11 Å². The van der Waals surface area contributed by atoms with E-state index in [9.17, 15) is 4.79 Å². The Hall–Kier alpha value is -3.52. The minimum Gasteiger partial charge on any atom is -0.480 e. The Balaban J connectivity index is 1.56. The first kappa shape index (κ1) is 17.9. The number of carbonyl (C=O) groups excluding carboxylic acids is 1. The van der Waals surface area contributed by atoms with Crippen molar-refractivity contribution in [2.45, 2.75) is 6.54 Å². The van der Waals surface area contributed by atoms with Gasteiger partial charge in [0.25, 0.3) is 5.91 Å². The molecule has 3 heterocycles. The number of nitrogens with one attached hydrogen (secondary N) is 2. The van der Waals surface area contributed by atoms with Gasteiger partial charge >= 0.3 is 0 Å². The summed E-state index contributed by atoms with van der Waals surface area (Å²) in [5.74, 6) is 0.140. The number of carbonyl (C=O) groups is 1. The second kappa shape index (κ2) is 7.61. The number of benzene rings is 1. The molecule has 9 heteroatoms. The third kappa shape index (κ3) is 3.63. The molecule has 0 radical (unpaired) electrons. The van der Waals surface area contributed by atoms with Gasteiger partial charge in [0.2, 0.25) is 5.88 Å². The summed E-state index contributed by atoms with van der Waals surface area (Å²) in [5.41, 5.74) is 3.37. The van der Waals surface area contributed by atoms with Crippen molar-refractivity contribution in [1.82, 2.24) is 30.5 Å². The lowest BCUT2D eigenvalue weighted by Crippen LogP contribution is -2.24. The first-order valence-corrected chi connectivity index (χ1v) is 8.75. The molecule has 4 rings (SSSR count). The van der Waals surface area contributed by atoms with Gasteiger partial charge in [0, 0.05) is 28.4 Å². The SMILES string of the molecule is COc1cnc(-c2cc3[nH]c(CNC(=O)c4cccnn4)cc3cc2Cl)cn1. The van der Waals surface area contributed by atoms with Crippen LogP contribution in [0.15, 0.2) is 48.9 Å². The molecule has 1 amide bonds. The average molecular weight is 395 g/mol. The molecular formula is C19H15ClN6O2. The van der Waals surface area contributed by atoms with Crippen molar-refractivity contribution in [1.29, 1.82) is 0 Å². The molecule has 1 aromatic carbocycles. The molecule has 0 aliphatic carbocycles. The minimum atomic E-state index is -0.293. The summed E-state index contributed by atoms with van der Waals surface area (Å²) in [7, 11) is 1.53. The first-order chi connectivity index (χ1) is 13.6. The van der Waals surface area contributed by atoms with Crippen LogP contribution in [0.4, 0.5) is 0 Å². The third-order valence-corrected chi connectivity index (χ3v) is 4.43. The van der Waals surface area contributed by atoms with Gasteiger partial charge in [0.1, 0.15) is 0 Å². The van der Waals surface area contributed by atoms with Crippen LogP contribution in [-0.4, -0.2) is 38.2 Å². The quantitative estimate of drug-likeness (QED) is 0.539. The Bertz CT molecular complexity index is 1130. The highest BCUT2D eigenvalue weighted by molar-refractivity contribution is 6.34. The van der Waals surface area contributed by atoms with Gasteiger partial charge in [-0.25, -0.2) is 9.97 Å². The van der Waals surface area contributed by atoms with Gasteiger partial charge in [-0.3, -0.25) is 4.79 Å². The lowest BCUT2D eigenvalue weighted by Gasteiger charge is -2.05. The number of halogens is 1. The normalized spacial score (nSPS) is 10.8. The van der Waals surface area contributed by atoms with Gasteiger partial charge in [-0.1, -0.05) is 11.6 Å². The third-order valence-electron chi connectivity index (χ3n) is 4.12. The number of aromatic amines is 1. The highest BCUT2D eigenvalue weighted by atomic mass is 35.5. The molecule has 2 N–H and O–H groups in total. The minimum absolute atomic E-state index is 0.266. The van der Waals surface area contributed by atoms with E-state index in [0.717, 1.165) is 22.2 Å². The molecule has 8 nitrogen and oxygen atoms in total. The number of hydrogen-bond acceptors (Lipinski definition) is 6. The molecule has 0 saturated heterocycles. The summed E-state index contributed by atoms with van der Waals surface area (Å²) in [6, 6.07) is 8.96. The van der Waals surface area contributed by atoms with E-state index >= 15 is 0 Å². The van der Waals surface area contributed by atoms with E-state index < -0.39 is 0 Å². The van der Waals surface area contributed by atoms with Crippen LogP contribution in [0.25, 0.3) is 22.2 Å². The van der Waals surface area contributed by atoms with Gasteiger partial charge < -0.3 is 15.0 Å². The van der Waals surface area contributed by atoms with Gasteiger partial charge in [0.15, 0.2) is 5.69 Å². The zero-order valence-corrected chi connectivity index (χ0v) is 15.6. The maximum absolute atomic E-state index is 12.1. The molecule has 0 spiro atoms. The molecule has 0 aliphatic rings. The molecule has 0 aliphatic heterocycles. The fraction of sp³-hybridized carbons (Fsp3) is 0.105. The van der Waals surface area contributed by atoms with Crippen LogP contribution < -0.4 is 10.1 Å². The summed E-state index contributed by atoms with van der Waals surface area (Å²) in [6.45, 7) is 0.319. The van der Waals surface area contributed by atoms with E-state index in [1.54, 1.807) is 18.3 Å². The van der Waals surface area contributed by atoms with Gasteiger partial charge in [0.05, 0.1) is 36.8 Å². The van der Waals surface area contributed by atoms with E-state index in [1.165, 1.54) is 19.5 Å². The highest BCUT2D eigenvalue weighted by Gasteiger charge is 2.12. The van der Waals surface area contributed by atoms with Crippen LogP contribution in [0, 0.1) is 0 Å². The van der Waals surface area contributed by atoms with Crippen LogP contribution in [0.3, 0.4) is 0 Å². The summed E-state index contributed by atoms with van der Waals surface area (Å²) >= 11 is 6.43. The first-order valence-electron chi connectivity index (χ1n) is 8.37. The summed E-state index contributed by atoms with van der Waals surface area (Å²) in [4.78, 5) is 23.9.